The van der Waals surface area contributed by atoms with Gasteiger partial charge in [0.05, 0.1) is 0 Å². The van der Waals surface area contributed by atoms with Crippen molar-refractivity contribution in [2.24, 2.45) is 0 Å². The number of rotatable bonds is 1. The number of nitrogens with one attached hydrogen (secondary N) is 1. The molecule has 2 heteroatoms. The fourth-order valence-electron chi connectivity index (χ4n) is 2.24. The molecule has 2 nitrogen and oxygen atoms in total. The monoisotopic (exact) mass is 168 g/mol. The fraction of sp³-hybridized carbons (Fsp3) is 1.00. The maximum absolute atomic E-state index is 3.51. The third kappa shape index (κ3) is 1.64. The van der Waals surface area contributed by atoms with Crippen LogP contribution in [0.25, 0.3) is 0 Å². The highest BCUT2D eigenvalue weighted by Gasteiger charge is 2.38. The van der Waals surface area contributed by atoms with Gasteiger partial charge in [0.2, 0.25) is 0 Å². The Morgan fingerprint density at radius 1 is 1.33 bits per heavy atom. The van der Waals surface area contributed by atoms with E-state index in [0.717, 1.165) is 12.6 Å². The number of nitrogens with zero attached hydrogens (tertiary/aromatic N) is 1. The summed E-state index contributed by atoms with van der Waals surface area (Å²) < 4.78 is 0. The third-order valence-electron chi connectivity index (χ3n) is 3.08. The molecule has 2 fully saturated rings. The van der Waals surface area contributed by atoms with Crippen molar-refractivity contribution in [3.05, 3.63) is 0 Å². The lowest BCUT2D eigenvalue weighted by molar-refractivity contribution is 0.124. The van der Waals surface area contributed by atoms with Crippen LogP contribution < -0.4 is 5.32 Å². The van der Waals surface area contributed by atoms with Crippen molar-refractivity contribution < 1.29 is 0 Å². The van der Waals surface area contributed by atoms with Gasteiger partial charge in [0.25, 0.3) is 0 Å². The molecule has 1 N–H and O–H groups in total. The van der Waals surface area contributed by atoms with Crippen molar-refractivity contribution in [2.45, 2.75) is 44.7 Å². The first-order chi connectivity index (χ1) is 5.70. The SMILES string of the molecule is CC1(C)CNCCCN1C1CC1. The standard InChI is InChI=1S/C10H20N2/c1-10(2)8-11-6-3-7-12(10)9-4-5-9/h9,11H,3-8H2,1-2H3. The molecule has 1 heterocycles. The van der Waals surface area contributed by atoms with E-state index in [1.165, 1.54) is 32.4 Å². The highest BCUT2D eigenvalue weighted by Crippen LogP contribution is 2.33. The molecule has 0 unspecified atom stereocenters. The maximum atomic E-state index is 3.51. The van der Waals surface area contributed by atoms with Gasteiger partial charge in [0.15, 0.2) is 0 Å². The molecule has 0 aromatic heterocycles. The van der Waals surface area contributed by atoms with Crippen molar-refractivity contribution in [2.75, 3.05) is 19.6 Å². The summed E-state index contributed by atoms with van der Waals surface area (Å²) in [5.74, 6) is 0. The van der Waals surface area contributed by atoms with Crippen LogP contribution in [0.1, 0.15) is 33.1 Å². The molecule has 0 amide bonds. The second-order valence-electron chi connectivity index (χ2n) is 4.77. The molecule has 70 valence electrons. The van der Waals surface area contributed by atoms with Gasteiger partial charge >= 0.3 is 0 Å². The molecule has 1 aliphatic heterocycles. The average Bonchev–Trinajstić information content (AvgIpc) is 2.75. The van der Waals surface area contributed by atoms with Gasteiger partial charge in [-0.25, -0.2) is 0 Å². The van der Waals surface area contributed by atoms with Gasteiger partial charge in [-0.1, -0.05) is 0 Å². The van der Waals surface area contributed by atoms with Gasteiger partial charge in [-0.2, -0.15) is 0 Å². The number of hydrogen-bond donors (Lipinski definition) is 1. The zero-order valence-corrected chi connectivity index (χ0v) is 8.27. The van der Waals surface area contributed by atoms with Crippen LogP contribution in [0.3, 0.4) is 0 Å². The summed E-state index contributed by atoms with van der Waals surface area (Å²) in [4.78, 5) is 2.70. The summed E-state index contributed by atoms with van der Waals surface area (Å²) in [6.45, 7) is 8.38. The van der Waals surface area contributed by atoms with Crippen LogP contribution in [-0.2, 0) is 0 Å². The van der Waals surface area contributed by atoms with E-state index in [-0.39, 0.29) is 0 Å². The Morgan fingerprint density at radius 3 is 2.75 bits per heavy atom. The van der Waals surface area contributed by atoms with E-state index in [1.807, 2.05) is 0 Å². The van der Waals surface area contributed by atoms with E-state index in [4.69, 9.17) is 0 Å². The minimum absolute atomic E-state index is 0.387. The van der Waals surface area contributed by atoms with Crippen molar-refractivity contribution >= 4 is 0 Å². The molecule has 0 spiro atoms. The molecule has 12 heavy (non-hydrogen) atoms. The van der Waals surface area contributed by atoms with E-state index in [1.54, 1.807) is 0 Å². The average molecular weight is 168 g/mol. The van der Waals surface area contributed by atoms with Crippen molar-refractivity contribution in [1.29, 1.82) is 0 Å². The first-order valence-electron chi connectivity index (χ1n) is 5.18. The summed E-state index contributed by atoms with van der Waals surface area (Å²) in [7, 11) is 0. The van der Waals surface area contributed by atoms with Crippen molar-refractivity contribution in [3.63, 3.8) is 0 Å². The van der Waals surface area contributed by atoms with E-state index in [0.29, 0.717) is 5.54 Å². The summed E-state index contributed by atoms with van der Waals surface area (Å²) in [5, 5.41) is 3.51. The van der Waals surface area contributed by atoms with Gasteiger partial charge in [0, 0.05) is 24.7 Å². The highest BCUT2D eigenvalue weighted by molar-refractivity contribution is 4.95. The van der Waals surface area contributed by atoms with Crippen LogP contribution in [0.15, 0.2) is 0 Å². The van der Waals surface area contributed by atoms with E-state index in [9.17, 15) is 0 Å². The molecular formula is C10H20N2. The van der Waals surface area contributed by atoms with Gasteiger partial charge in [0.1, 0.15) is 0 Å². The normalized spacial score (nSPS) is 31.5. The van der Waals surface area contributed by atoms with Gasteiger partial charge in [-0.15, -0.1) is 0 Å². The fourth-order valence-corrected chi connectivity index (χ4v) is 2.24. The smallest absolute Gasteiger partial charge is 0.0280 e. The molecule has 0 atom stereocenters. The topological polar surface area (TPSA) is 15.3 Å². The molecule has 1 aliphatic carbocycles. The van der Waals surface area contributed by atoms with Crippen LogP contribution in [0.5, 0.6) is 0 Å². The van der Waals surface area contributed by atoms with Gasteiger partial charge in [-0.3, -0.25) is 4.90 Å². The van der Waals surface area contributed by atoms with E-state index < -0.39 is 0 Å². The van der Waals surface area contributed by atoms with E-state index >= 15 is 0 Å². The lowest BCUT2D eigenvalue weighted by Crippen LogP contribution is -2.49. The summed E-state index contributed by atoms with van der Waals surface area (Å²) >= 11 is 0. The Balaban J connectivity index is 2.04. The first-order valence-corrected chi connectivity index (χ1v) is 5.18. The predicted molar refractivity (Wildman–Crippen MR) is 51.3 cm³/mol. The largest absolute Gasteiger partial charge is 0.315 e. The molecule has 0 bridgehead atoms. The van der Waals surface area contributed by atoms with E-state index in [2.05, 4.69) is 24.1 Å². The maximum Gasteiger partial charge on any atom is 0.0280 e. The second kappa shape index (κ2) is 3.00. The lowest BCUT2D eigenvalue weighted by Gasteiger charge is -2.37. The third-order valence-corrected chi connectivity index (χ3v) is 3.08. The second-order valence-corrected chi connectivity index (χ2v) is 4.77. The molecule has 2 aliphatic rings. The summed E-state index contributed by atoms with van der Waals surface area (Å²) in [6.07, 6.45) is 4.19. The molecule has 0 aromatic rings. The molecule has 0 aromatic carbocycles. The Bertz CT molecular complexity index is 161. The molecule has 0 radical (unpaired) electrons. The Kier molecular flexibility index (Phi) is 2.13. The first kappa shape index (κ1) is 8.52. The Labute approximate surface area is 75.3 Å². The Hall–Kier alpha value is -0.0800. The molecule has 1 saturated carbocycles. The summed E-state index contributed by atoms with van der Waals surface area (Å²) in [5.41, 5.74) is 0.387. The summed E-state index contributed by atoms with van der Waals surface area (Å²) in [6, 6.07) is 0.917. The lowest BCUT2D eigenvalue weighted by atomic mass is 10.0. The quantitative estimate of drug-likeness (QED) is 0.633. The van der Waals surface area contributed by atoms with Gasteiger partial charge in [-0.05, 0) is 39.7 Å². The minimum atomic E-state index is 0.387. The zero-order valence-electron chi connectivity index (χ0n) is 8.27. The molecule has 1 saturated heterocycles. The van der Waals surface area contributed by atoms with Gasteiger partial charge < -0.3 is 5.32 Å². The van der Waals surface area contributed by atoms with Crippen LogP contribution in [0.2, 0.25) is 0 Å². The van der Waals surface area contributed by atoms with Crippen LogP contribution in [-0.4, -0.2) is 36.1 Å². The van der Waals surface area contributed by atoms with Crippen LogP contribution in [0.4, 0.5) is 0 Å². The van der Waals surface area contributed by atoms with Crippen LogP contribution >= 0.6 is 0 Å². The van der Waals surface area contributed by atoms with Crippen LogP contribution in [0, 0.1) is 0 Å². The highest BCUT2D eigenvalue weighted by atomic mass is 15.3. The predicted octanol–water partition coefficient (Wildman–Crippen LogP) is 1.22. The van der Waals surface area contributed by atoms with Crippen molar-refractivity contribution in [3.8, 4) is 0 Å². The van der Waals surface area contributed by atoms with Crippen molar-refractivity contribution in [1.82, 2.24) is 10.2 Å². The Morgan fingerprint density at radius 2 is 2.08 bits per heavy atom. The minimum Gasteiger partial charge on any atom is -0.315 e. The molecular weight excluding hydrogens is 148 g/mol. The zero-order chi connectivity index (χ0) is 8.60. The number of hydrogen-bond acceptors (Lipinski definition) is 2. The molecule has 2 rings (SSSR count).